The Bertz CT molecular complexity index is 851. The summed E-state index contributed by atoms with van der Waals surface area (Å²) >= 11 is 0. The molecule has 138 valence electrons. The van der Waals surface area contributed by atoms with Crippen molar-refractivity contribution < 1.29 is 19.4 Å². The van der Waals surface area contributed by atoms with E-state index in [1.54, 1.807) is 19.2 Å². The zero-order chi connectivity index (χ0) is 18.8. The predicted octanol–water partition coefficient (Wildman–Crippen LogP) is 3.11. The van der Waals surface area contributed by atoms with Gasteiger partial charge in [0.1, 0.15) is 0 Å². The summed E-state index contributed by atoms with van der Waals surface area (Å²) in [4.78, 5) is 24.1. The molecular formula is C19H23N3O4. The number of hydrogen-bond acceptors (Lipinski definition) is 4. The van der Waals surface area contributed by atoms with Crippen LogP contribution in [0.5, 0.6) is 0 Å². The summed E-state index contributed by atoms with van der Waals surface area (Å²) in [7, 11) is 0. The molecule has 0 unspecified atom stereocenters. The van der Waals surface area contributed by atoms with Crippen LogP contribution in [0.3, 0.4) is 0 Å². The number of benzene rings is 1. The van der Waals surface area contributed by atoms with E-state index in [0.717, 1.165) is 24.1 Å². The summed E-state index contributed by atoms with van der Waals surface area (Å²) in [5.41, 5.74) is 3.45. The van der Waals surface area contributed by atoms with Crippen molar-refractivity contribution in [2.24, 2.45) is 0 Å². The highest BCUT2D eigenvalue weighted by molar-refractivity contribution is 6.06. The van der Waals surface area contributed by atoms with Crippen molar-refractivity contribution in [3.05, 3.63) is 46.3 Å². The van der Waals surface area contributed by atoms with Gasteiger partial charge in [-0.1, -0.05) is 6.07 Å². The number of carbonyl (C=O) groups is 2. The van der Waals surface area contributed by atoms with Gasteiger partial charge in [-0.3, -0.25) is 9.48 Å². The summed E-state index contributed by atoms with van der Waals surface area (Å²) in [6.07, 6.45) is 3.33. The summed E-state index contributed by atoms with van der Waals surface area (Å²) in [6, 6.07) is 3.51. The van der Waals surface area contributed by atoms with Crippen LogP contribution in [0.1, 0.15) is 56.4 Å². The Morgan fingerprint density at radius 2 is 1.85 bits per heavy atom. The maximum atomic E-state index is 12.7. The number of aromatic nitrogens is 2. The second kappa shape index (κ2) is 7.29. The first kappa shape index (κ1) is 18.1. The van der Waals surface area contributed by atoms with Crippen LogP contribution in [0, 0.1) is 20.8 Å². The highest BCUT2D eigenvalue weighted by Gasteiger charge is 2.22. The molecule has 0 aliphatic carbocycles. The first-order valence-corrected chi connectivity index (χ1v) is 8.66. The predicted molar refractivity (Wildman–Crippen MR) is 96.9 cm³/mol. The van der Waals surface area contributed by atoms with E-state index >= 15 is 0 Å². The van der Waals surface area contributed by atoms with Gasteiger partial charge in [0.25, 0.3) is 5.91 Å². The molecule has 3 rings (SSSR count). The van der Waals surface area contributed by atoms with Crippen LogP contribution in [-0.4, -0.2) is 40.0 Å². The quantitative estimate of drug-likeness (QED) is 0.877. The fourth-order valence-electron chi connectivity index (χ4n) is 3.35. The van der Waals surface area contributed by atoms with E-state index in [9.17, 15) is 14.7 Å². The number of nitrogens with zero attached hydrogens (tertiary/aromatic N) is 2. The maximum Gasteiger partial charge on any atom is 0.336 e. The van der Waals surface area contributed by atoms with Crippen molar-refractivity contribution in [1.29, 1.82) is 0 Å². The molecule has 7 nitrogen and oxygen atoms in total. The third kappa shape index (κ3) is 3.48. The van der Waals surface area contributed by atoms with Crippen LogP contribution in [0.2, 0.25) is 0 Å². The van der Waals surface area contributed by atoms with E-state index < -0.39 is 5.97 Å². The summed E-state index contributed by atoms with van der Waals surface area (Å²) in [5, 5.41) is 16.5. The molecule has 2 aromatic rings. The minimum atomic E-state index is -1.01. The number of carbonyl (C=O) groups excluding carboxylic acids is 1. The van der Waals surface area contributed by atoms with E-state index in [1.807, 2.05) is 18.5 Å². The fraction of sp³-hybridized carbons (Fsp3) is 0.421. The lowest BCUT2D eigenvalue weighted by atomic mass is 10.0. The molecule has 0 spiro atoms. The van der Waals surface area contributed by atoms with Gasteiger partial charge in [0, 0.05) is 24.6 Å². The van der Waals surface area contributed by atoms with E-state index in [1.165, 1.54) is 6.07 Å². The van der Waals surface area contributed by atoms with E-state index in [-0.39, 0.29) is 17.5 Å². The van der Waals surface area contributed by atoms with Gasteiger partial charge < -0.3 is 15.2 Å². The van der Waals surface area contributed by atoms with E-state index in [2.05, 4.69) is 10.4 Å². The monoisotopic (exact) mass is 357 g/mol. The Kier molecular flexibility index (Phi) is 5.08. The average molecular weight is 357 g/mol. The molecule has 1 aromatic heterocycles. The fourth-order valence-corrected chi connectivity index (χ4v) is 3.35. The van der Waals surface area contributed by atoms with Gasteiger partial charge in [0.05, 0.1) is 23.4 Å². The third-order valence-electron chi connectivity index (χ3n) is 4.88. The van der Waals surface area contributed by atoms with Crippen molar-refractivity contribution in [2.45, 2.75) is 39.7 Å². The standard InChI is InChI=1S/C19H23N3O4/c1-11-8-12(2)17(9-15(11)19(24)25)21-18(23)16-10-20-22(13(16)3)14-4-6-26-7-5-14/h8-10,14H,4-7H2,1-3H3,(H,21,23)(H,24,25). The lowest BCUT2D eigenvalue weighted by Crippen LogP contribution is -2.22. The highest BCUT2D eigenvalue weighted by atomic mass is 16.5. The van der Waals surface area contributed by atoms with Crippen molar-refractivity contribution in [1.82, 2.24) is 9.78 Å². The molecule has 26 heavy (non-hydrogen) atoms. The molecule has 7 heteroatoms. The van der Waals surface area contributed by atoms with Gasteiger partial charge in [-0.05, 0) is 50.8 Å². The largest absolute Gasteiger partial charge is 0.478 e. The van der Waals surface area contributed by atoms with Gasteiger partial charge >= 0.3 is 5.97 Å². The lowest BCUT2D eigenvalue weighted by Gasteiger charge is -2.23. The zero-order valence-electron chi connectivity index (χ0n) is 15.2. The lowest BCUT2D eigenvalue weighted by molar-refractivity contribution is 0.0656. The number of aromatic carboxylic acids is 1. The van der Waals surface area contributed by atoms with Crippen LogP contribution >= 0.6 is 0 Å². The molecule has 1 fully saturated rings. The van der Waals surface area contributed by atoms with Gasteiger partial charge in [-0.2, -0.15) is 5.10 Å². The minimum absolute atomic E-state index is 0.181. The second-order valence-electron chi connectivity index (χ2n) is 6.67. The summed E-state index contributed by atoms with van der Waals surface area (Å²) in [5.74, 6) is -1.30. The molecule has 1 aliphatic rings. The molecule has 2 N–H and O–H groups in total. The normalized spacial score (nSPS) is 15.0. The van der Waals surface area contributed by atoms with E-state index in [0.29, 0.717) is 30.0 Å². The number of aryl methyl sites for hydroxylation is 2. The Balaban J connectivity index is 1.84. The number of carboxylic acid groups (broad SMARTS) is 1. The average Bonchev–Trinajstić information content (AvgIpc) is 2.99. The van der Waals surface area contributed by atoms with Gasteiger partial charge in [0.15, 0.2) is 0 Å². The maximum absolute atomic E-state index is 12.7. The molecule has 0 saturated carbocycles. The van der Waals surface area contributed by atoms with Crippen LogP contribution in [-0.2, 0) is 4.74 Å². The topological polar surface area (TPSA) is 93.5 Å². The van der Waals surface area contributed by atoms with Gasteiger partial charge in [-0.15, -0.1) is 0 Å². The summed E-state index contributed by atoms with van der Waals surface area (Å²) in [6.45, 7) is 6.86. The number of amides is 1. The zero-order valence-corrected chi connectivity index (χ0v) is 15.2. The third-order valence-corrected chi connectivity index (χ3v) is 4.88. The molecule has 1 saturated heterocycles. The van der Waals surface area contributed by atoms with Crippen LogP contribution < -0.4 is 5.32 Å². The molecule has 2 heterocycles. The molecule has 0 atom stereocenters. The van der Waals surface area contributed by atoms with Crippen LogP contribution in [0.4, 0.5) is 5.69 Å². The van der Waals surface area contributed by atoms with Crippen LogP contribution in [0.25, 0.3) is 0 Å². The molecule has 1 aliphatic heterocycles. The second-order valence-corrected chi connectivity index (χ2v) is 6.67. The van der Waals surface area contributed by atoms with Crippen molar-refractivity contribution in [3.63, 3.8) is 0 Å². The Labute approximate surface area is 152 Å². The van der Waals surface area contributed by atoms with Crippen molar-refractivity contribution >= 4 is 17.6 Å². The van der Waals surface area contributed by atoms with Crippen molar-refractivity contribution in [3.8, 4) is 0 Å². The van der Waals surface area contributed by atoms with E-state index in [4.69, 9.17) is 4.74 Å². The molecular weight excluding hydrogens is 334 g/mol. The highest BCUT2D eigenvalue weighted by Crippen LogP contribution is 2.25. The van der Waals surface area contributed by atoms with Gasteiger partial charge in [0.2, 0.25) is 0 Å². The minimum Gasteiger partial charge on any atom is -0.478 e. The Morgan fingerprint density at radius 3 is 2.50 bits per heavy atom. The molecule has 1 amide bonds. The smallest absolute Gasteiger partial charge is 0.336 e. The molecule has 0 bridgehead atoms. The van der Waals surface area contributed by atoms with Crippen LogP contribution in [0.15, 0.2) is 18.3 Å². The number of ether oxygens (including phenoxy) is 1. The molecule has 0 radical (unpaired) electrons. The Morgan fingerprint density at radius 1 is 1.15 bits per heavy atom. The number of hydrogen-bond donors (Lipinski definition) is 2. The van der Waals surface area contributed by atoms with Crippen molar-refractivity contribution in [2.75, 3.05) is 18.5 Å². The number of nitrogens with one attached hydrogen (secondary N) is 1. The first-order chi connectivity index (χ1) is 12.4. The van der Waals surface area contributed by atoms with Gasteiger partial charge in [-0.25, -0.2) is 4.79 Å². The number of anilines is 1. The number of carboxylic acids is 1. The first-order valence-electron chi connectivity index (χ1n) is 8.66. The SMILES string of the molecule is Cc1cc(C)c(C(=O)O)cc1NC(=O)c1cnn(C2CCOCC2)c1C. The Hall–Kier alpha value is -2.67. The number of rotatable bonds is 4. The summed E-state index contributed by atoms with van der Waals surface area (Å²) < 4.78 is 7.27. The molecule has 1 aromatic carbocycles.